The van der Waals surface area contributed by atoms with E-state index in [9.17, 15) is 13.2 Å². The van der Waals surface area contributed by atoms with Crippen molar-refractivity contribution in [3.05, 3.63) is 23.8 Å². The number of carbonyl (C=O) groups excluding carboxylic acids is 1. The molecule has 0 radical (unpaired) electrons. The third kappa shape index (κ3) is 3.87. The van der Waals surface area contributed by atoms with E-state index in [2.05, 4.69) is 18.6 Å². The van der Waals surface area contributed by atoms with Crippen LogP contribution < -0.4 is 9.62 Å². The molecule has 0 saturated carbocycles. The zero-order chi connectivity index (χ0) is 16.3. The van der Waals surface area contributed by atoms with Crippen LogP contribution in [0.1, 0.15) is 38.7 Å². The Bertz CT molecular complexity index is 653. The van der Waals surface area contributed by atoms with Gasteiger partial charge >= 0.3 is 0 Å². The highest BCUT2D eigenvalue weighted by molar-refractivity contribution is 7.89. The maximum Gasteiger partial charge on any atom is 0.240 e. The van der Waals surface area contributed by atoms with E-state index < -0.39 is 10.0 Å². The zero-order valence-corrected chi connectivity index (χ0v) is 14.2. The van der Waals surface area contributed by atoms with Crippen molar-refractivity contribution < 1.29 is 13.2 Å². The minimum atomic E-state index is -3.50. The second kappa shape index (κ2) is 6.79. The molecule has 1 heterocycles. The van der Waals surface area contributed by atoms with Crippen molar-refractivity contribution in [2.45, 2.75) is 44.4 Å². The summed E-state index contributed by atoms with van der Waals surface area (Å²) in [5.41, 5.74) is 1.57. The number of sulfonamides is 1. The molecule has 1 aliphatic rings. The van der Waals surface area contributed by atoms with E-state index in [0.717, 1.165) is 30.5 Å². The quantitative estimate of drug-likeness (QED) is 0.783. The highest BCUT2D eigenvalue weighted by atomic mass is 32.2. The van der Waals surface area contributed by atoms with E-state index >= 15 is 0 Å². The lowest BCUT2D eigenvalue weighted by Gasteiger charge is -2.11. The first-order valence-electron chi connectivity index (χ1n) is 7.70. The second-order valence-corrected chi connectivity index (χ2v) is 7.97. The fraction of sp³-hybridized carbons (Fsp3) is 0.562. The number of nitrogens with one attached hydrogen (secondary N) is 1. The van der Waals surface area contributed by atoms with Crippen molar-refractivity contribution in [1.29, 1.82) is 0 Å². The molecule has 0 saturated heterocycles. The molecule has 1 aromatic carbocycles. The molecule has 0 unspecified atom stereocenters. The predicted molar refractivity (Wildman–Crippen MR) is 87.4 cm³/mol. The molecule has 0 aliphatic carbocycles. The van der Waals surface area contributed by atoms with Crippen LogP contribution >= 0.6 is 0 Å². The van der Waals surface area contributed by atoms with E-state index in [-0.39, 0.29) is 17.2 Å². The van der Waals surface area contributed by atoms with Crippen molar-refractivity contribution in [3.63, 3.8) is 0 Å². The number of unbranched alkanes of at least 4 members (excludes halogenated alkanes) is 1. The van der Waals surface area contributed by atoms with E-state index in [0.29, 0.717) is 12.5 Å². The molecule has 1 N–H and O–H groups in total. The highest BCUT2D eigenvalue weighted by Crippen LogP contribution is 2.29. The first-order chi connectivity index (χ1) is 10.3. The van der Waals surface area contributed by atoms with Gasteiger partial charge in [0.2, 0.25) is 15.9 Å². The van der Waals surface area contributed by atoms with E-state index in [1.807, 2.05) is 0 Å². The average Bonchev–Trinajstić information content (AvgIpc) is 2.73. The van der Waals surface area contributed by atoms with Gasteiger partial charge in [-0.3, -0.25) is 4.79 Å². The molecule has 5 nitrogen and oxygen atoms in total. The number of likely N-dealkylation sites (N-methyl/N-ethyl adjacent to an activating group) is 1. The number of rotatable bonds is 7. The number of hydrogen-bond acceptors (Lipinski definition) is 3. The molecular formula is C16H24N2O3S. The Morgan fingerprint density at radius 2 is 2.00 bits per heavy atom. The number of fused-ring (bicyclic) bond motifs is 1. The summed E-state index contributed by atoms with van der Waals surface area (Å²) in [6.45, 7) is 4.77. The average molecular weight is 324 g/mol. The summed E-state index contributed by atoms with van der Waals surface area (Å²) in [5.74, 6) is 0.633. The smallest absolute Gasteiger partial charge is 0.240 e. The largest absolute Gasteiger partial charge is 0.315 e. The third-order valence-corrected chi connectivity index (χ3v) is 5.40. The normalized spacial score (nSPS) is 14.7. The Labute approximate surface area is 132 Å². The summed E-state index contributed by atoms with van der Waals surface area (Å²) < 4.78 is 27.2. The van der Waals surface area contributed by atoms with Crippen LogP contribution in [0.4, 0.5) is 5.69 Å². The number of anilines is 1. The molecular weight excluding hydrogens is 300 g/mol. The van der Waals surface area contributed by atoms with Gasteiger partial charge in [0.1, 0.15) is 0 Å². The molecule has 1 aromatic rings. The molecule has 0 spiro atoms. The van der Waals surface area contributed by atoms with Crippen LogP contribution in [0.2, 0.25) is 0 Å². The zero-order valence-electron chi connectivity index (χ0n) is 13.4. The van der Waals surface area contributed by atoms with Crippen molar-refractivity contribution in [2.75, 3.05) is 18.5 Å². The Hall–Kier alpha value is -1.40. The third-order valence-electron chi connectivity index (χ3n) is 3.94. The van der Waals surface area contributed by atoms with Gasteiger partial charge in [-0.1, -0.05) is 26.7 Å². The Kier molecular flexibility index (Phi) is 5.24. The summed E-state index contributed by atoms with van der Waals surface area (Å²) in [6, 6.07) is 4.87. The predicted octanol–water partition coefficient (Wildman–Crippen LogP) is 2.31. The van der Waals surface area contributed by atoms with Crippen LogP contribution in [0.15, 0.2) is 23.1 Å². The van der Waals surface area contributed by atoms with Crippen molar-refractivity contribution in [1.82, 2.24) is 4.72 Å². The number of benzene rings is 1. The molecule has 122 valence electrons. The number of nitrogens with zero attached hydrogens (tertiary/aromatic N) is 1. The Morgan fingerprint density at radius 3 is 2.68 bits per heavy atom. The van der Waals surface area contributed by atoms with Gasteiger partial charge in [0, 0.05) is 19.3 Å². The highest BCUT2D eigenvalue weighted by Gasteiger charge is 2.26. The number of carbonyl (C=O) groups is 1. The van der Waals surface area contributed by atoms with Gasteiger partial charge in [0.25, 0.3) is 0 Å². The van der Waals surface area contributed by atoms with Gasteiger partial charge in [-0.25, -0.2) is 13.1 Å². The number of amides is 1. The topological polar surface area (TPSA) is 66.5 Å². The molecule has 0 atom stereocenters. The van der Waals surface area contributed by atoms with Crippen LogP contribution in [-0.2, 0) is 21.2 Å². The van der Waals surface area contributed by atoms with Gasteiger partial charge in [-0.15, -0.1) is 0 Å². The summed E-state index contributed by atoms with van der Waals surface area (Å²) >= 11 is 0. The van der Waals surface area contributed by atoms with E-state index in [4.69, 9.17) is 0 Å². The van der Waals surface area contributed by atoms with Crippen LogP contribution in [0.5, 0.6) is 0 Å². The van der Waals surface area contributed by atoms with Gasteiger partial charge in [-0.2, -0.15) is 0 Å². The van der Waals surface area contributed by atoms with Crippen LogP contribution in [-0.4, -0.2) is 27.9 Å². The number of hydrogen-bond donors (Lipinski definition) is 1. The molecule has 1 amide bonds. The molecule has 22 heavy (non-hydrogen) atoms. The Balaban J connectivity index is 1.99. The van der Waals surface area contributed by atoms with E-state index in [1.54, 1.807) is 30.1 Å². The van der Waals surface area contributed by atoms with Crippen LogP contribution in [0.3, 0.4) is 0 Å². The lowest BCUT2D eigenvalue weighted by atomic mass is 10.1. The SMILES string of the molecule is CC(C)CCCCNS(=O)(=O)c1ccc2c(c1)CC(=O)N2C. The fourth-order valence-electron chi connectivity index (χ4n) is 2.58. The van der Waals surface area contributed by atoms with E-state index in [1.165, 1.54) is 0 Å². The lowest BCUT2D eigenvalue weighted by molar-refractivity contribution is -0.117. The van der Waals surface area contributed by atoms with Crippen molar-refractivity contribution in [3.8, 4) is 0 Å². The molecule has 2 rings (SSSR count). The lowest BCUT2D eigenvalue weighted by Crippen LogP contribution is -2.25. The molecule has 0 fully saturated rings. The standard InChI is InChI=1S/C16H24N2O3S/c1-12(2)6-4-5-9-17-22(20,21)14-7-8-15-13(10-14)11-16(19)18(15)3/h7-8,10,12,17H,4-6,9,11H2,1-3H3. The summed E-state index contributed by atoms with van der Waals surface area (Å²) in [6.07, 6.45) is 3.23. The first kappa shape index (κ1) is 17.0. The van der Waals surface area contributed by atoms with Gasteiger partial charge in [-0.05, 0) is 36.1 Å². The molecule has 0 aromatic heterocycles. The summed E-state index contributed by atoms with van der Waals surface area (Å²) in [5, 5.41) is 0. The van der Waals surface area contributed by atoms with Gasteiger partial charge < -0.3 is 4.90 Å². The minimum Gasteiger partial charge on any atom is -0.315 e. The minimum absolute atomic E-state index is 0.00816. The fourth-order valence-corrected chi connectivity index (χ4v) is 3.71. The Morgan fingerprint density at radius 1 is 1.27 bits per heavy atom. The van der Waals surface area contributed by atoms with Crippen molar-refractivity contribution in [2.24, 2.45) is 5.92 Å². The molecule has 1 aliphatic heterocycles. The van der Waals surface area contributed by atoms with Crippen LogP contribution in [0.25, 0.3) is 0 Å². The van der Waals surface area contributed by atoms with Crippen LogP contribution in [0, 0.1) is 5.92 Å². The van der Waals surface area contributed by atoms with Crippen molar-refractivity contribution >= 4 is 21.6 Å². The monoisotopic (exact) mass is 324 g/mol. The molecule has 6 heteroatoms. The summed E-state index contributed by atoms with van der Waals surface area (Å²) in [7, 11) is -1.79. The maximum atomic E-state index is 12.3. The second-order valence-electron chi connectivity index (χ2n) is 6.21. The van der Waals surface area contributed by atoms with Gasteiger partial charge in [0.15, 0.2) is 0 Å². The van der Waals surface area contributed by atoms with Gasteiger partial charge in [0.05, 0.1) is 11.3 Å². The maximum absolute atomic E-state index is 12.3. The first-order valence-corrected chi connectivity index (χ1v) is 9.18. The summed E-state index contributed by atoms with van der Waals surface area (Å²) in [4.78, 5) is 13.4. The molecule has 0 bridgehead atoms.